The van der Waals surface area contributed by atoms with Gasteiger partial charge in [-0.2, -0.15) is 0 Å². The summed E-state index contributed by atoms with van der Waals surface area (Å²) in [6.45, 7) is 0.514. The second-order valence-electron chi connectivity index (χ2n) is 7.74. The highest BCUT2D eigenvalue weighted by molar-refractivity contribution is 7.14. The summed E-state index contributed by atoms with van der Waals surface area (Å²) >= 11 is 14.0. The van der Waals surface area contributed by atoms with Gasteiger partial charge in [-0.3, -0.25) is 9.59 Å². The maximum Gasteiger partial charge on any atom is 0.260 e. The third-order valence-corrected chi connectivity index (χ3v) is 7.26. The van der Waals surface area contributed by atoms with Gasteiger partial charge < -0.3 is 10.2 Å². The van der Waals surface area contributed by atoms with Crippen LogP contribution in [-0.4, -0.2) is 18.4 Å². The Balaban J connectivity index is 1.41. The number of carbonyl (C=O) groups excluding carboxylic acids is 2. The van der Waals surface area contributed by atoms with E-state index in [2.05, 4.69) is 17.4 Å². The Labute approximate surface area is 209 Å². The highest BCUT2D eigenvalue weighted by atomic mass is 35.5. The van der Waals surface area contributed by atoms with Crippen LogP contribution in [-0.2, 0) is 6.42 Å². The molecule has 0 bridgehead atoms. The number of rotatable bonds is 3. The maximum absolute atomic E-state index is 14.1. The second-order valence-corrected chi connectivity index (χ2v) is 9.47. The molecule has 3 aromatic carbocycles. The number of carbonyl (C=O) groups is 2. The van der Waals surface area contributed by atoms with Crippen LogP contribution in [0, 0.1) is 5.82 Å². The van der Waals surface area contributed by atoms with E-state index < -0.39 is 11.7 Å². The monoisotopic (exact) mass is 510 g/mol. The zero-order valence-electron chi connectivity index (χ0n) is 17.6. The van der Waals surface area contributed by atoms with E-state index >= 15 is 0 Å². The van der Waals surface area contributed by atoms with Crippen molar-refractivity contribution in [2.75, 3.05) is 16.8 Å². The van der Waals surface area contributed by atoms with Crippen LogP contribution in [0.25, 0.3) is 10.4 Å². The highest BCUT2D eigenvalue weighted by Crippen LogP contribution is 2.41. The molecule has 8 heteroatoms. The van der Waals surface area contributed by atoms with Crippen LogP contribution in [0.5, 0.6) is 0 Å². The van der Waals surface area contributed by atoms with Gasteiger partial charge in [0, 0.05) is 12.2 Å². The van der Waals surface area contributed by atoms with E-state index in [9.17, 15) is 14.0 Å². The molecule has 0 saturated heterocycles. The number of hydrogen-bond acceptors (Lipinski definition) is 3. The summed E-state index contributed by atoms with van der Waals surface area (Å²) in [5, 5.41) is 4.75. The van der Waals surface area contributed by atoms with Gasteiger partial charge in [0.2, 0.25) is 0 Å². The Kier molecular flexibility index (Phi) is 6.13. The highest BCUT2D eigenvalue weighted by Gasteiger charge is 2.27. The van der Waals surface area contributed by atoms with Crippen molar-refractivity contribution in [2.24, 2.45) is 0 Å². The number of nitrogens with zero attached hydrogens (tertiary/aromatic N) is 1. The Morgan fingerprint density at radius 1 is 0.971 bits per heavy atom. The lowest BCUT2D eigenvalue weighted by Crippen LogP contribution is -2.32. The molecule has 0 spiro atoms. The lowest BCUT2D eigenvalue weighted by molar-refractivity contribution is 0.0986. The molecule has 4 nitrogen and oxygen atoms in total. The van der Waals surface area contributed by atoms with Crippen LogP contribution in [0.3, 0.4) is 0 Å². The molecule has 4 aromatic rings. The molecule has 0 unspecified atom stereocenters. The summed E-state index contributed by atoms with van der Waals surface area (Å²) in [7, 11) is 0. The van der Waals surface area contributed by atoms with E-state index in [0.29, 0.717) is 17.8 Å². The first-order chi connectivity index (χ1) is 16.4. The van der Waals surface area contributed by atoms with E-state index in [1.807, 2.05) is 23.6 Å². The number of nitrogens with one attached hydrogen (secondary N) is 1. The number of anilines is 2. The summed E-state index contributed by atoms with van der Waals surface area (Å²) in [4.78, 5) is 28.8. The first kappa shape index (κ1) is 22.6. The Hall–Kier alpha value is -3.19. The van der Waals surface area contributed by atoms with Crippen molar-refractivity contribution in [1.29, 1.82) is 0 Å². The second kappa shape index (κ2) is 9.22. The molecule has 2 heterocycles. The fraction of sp³-hybridized carbons (Fsp3) is 0.0769. The number of thiophene rings is 1. The van der Waals surface area contributed by atoms with Crippen LogP contribution in [0.4, 0.5) is 15.8 Å². The first-order valence-corrected chi connectivity index (χ1v) is 12.1. The van der Waals surface area contributed by atoms with Crippen molar-refractivity contribution in [3.63, 3.8) is 0 Å². The Morgan fingerprint density at radius 2 is 1.79 bits per heavy atom. The van der Waals surface area contributed by atoms with Gasteiger partial charge in [0.1, 0.15) is 5.82 Å². The number of halogens is 3. The number of amides is 2. The van der Waals surface area contributed by atoms with Gasteiger partial charge in [0.15, 0.2) is 0 Å². The zero-order chi connectivity index (χ0) is 23.8. The van der Waals surface area contributed by atoms with Crippen LogP contribution in [0.2, 0.25) is 10.0 Å². The molecule has 0 fully saturated rings. The van der Waals surface area contributed by atoms with E-state index in [4.69, 9.17) is 23.2 Å². The van der Waals surface area contributed by atoms with Crippen molar-refractivity contribution < 1.29 is 14.0 Å². The lowest BCUT2D eigenvalue weighted by atomic mass is 10.0. The van der Waals surface area contributed by atoms with Crippen LogP contribution in [0.15, 0.2) is 72.1 Å². The third-order valence-electron chi connectivity index (χ3n) is 5.69. The smallest absolute Gasteiger partial charge is 0.260 e. The van der Waals surface area contributed by atoms with Gasteiger partial charge in [0.05, 0.1) is 31.7 Å². The van der Waals surface area contributed by atoms with Crippen molar-refractivity contribution in [1.82, 2.24) is 0 Å². The molecule has 2 amide bonds. The molecular formula is C26H17Cl2FN2O2S. The topological polar surface area (TPSA) is 49.4 Å². The molecule has 0 atom stereocenters. The van der Waals surface area contributed by atoms with Crippen LogP contribution >= 0.6 is 34.5 Å². The van der Waals surface area contributed by atoms with Crippen molar-refractivity contribution in [3.05, 3.63) is 105 Å². The Morgan fingerprint density at radius 3 is 2.59 bits per heavy atom. The summed E-state index contributed by atoms with van der Waals surface area (Å²) in [5.74, 6) is -1.66. The summed E-state index contributed by atoms with van der Waals surface area (Å²) in [5.41, 5.74) is 3.56. The molecule has 1 aliphatic rings. The van der Waals surface area contributed by atoms with Crippen LogP contribution in [0.1, 0.15) is 26.3 Å². The molecule has 5 rings (SSSR count). The predicted octanol–water partition coefficient (Wildman–Crippen LogP) is 7.32. The Bertz CT molecular complexity index is 1420. The molecule has 0 saturated carbocycles. The molecule has 1 N–H and O–H groups in total. The minimum atomic E-state index is -0.725. The maximum atomic E-state index is 14.1. The number of fused-ring (bicyclic) bond motifs is 3. The van der Waals surface area contributed by atoms with Gasteiger partial charge >= 0.3 is 0 Å². The standard InChI is InChI=1S/C26H17Cl2FN2O2S/c27-19-6-3-7-21(29)23(19)25(32)30-16-8-9-18(20(28)14-16)26(33)31-12-10-15-4-1-2-5-17(15)24-22(31)11-13-34-24/h1-9,11,13-14H,10,12H2,(H,30,32). The van der Waals surface area contributed by atoms with Crippen molar-refractivity contribution in [3.8, 4) is 10.4 Å². The van der Waals surface area contributed by atoms with Gasteiger partial charge in [-0.05, 0) is 59.3 Å². The van der Waals surface area contributed by atoms with E-state index in [-0.39, 0.29) is 21.5 Å². The molecular weight excluding hydrogens is 494 g/mol. The largest absolute Gasteiger partial charge is 0.322 e. The summed E-state index contributed by atoms with van der Waals surface area (Å²) in [6, 6.07) is 18.7. The van der Waals surface area contributed by atoms with Crippen LogP contribution < -0.4 is 10.2 Å². The molecule has 34 heavy (non-hydrogen) atoms. The van der Waals surface area contributed by atoms with E-state index in [1.165, 1.54) is 23.8 Å². The fourth-order valence-electron chi connectivity index (χ4n) is 4.06. The number of benzene rings is 3. The average Bonchev–Trinajstić information content (AvgIpc) is 3.23. The fourth-order valence-corrected chi connectivity index (χ4v) is 5.53. The minimum absolute atomic E-state index is 0.00382. The zero-order valence-corrected chi connectivity index (χ0v) is 20.0. The van der Waals surface area contributed by atoms with E-state index in [0.717, 1.165) is 28.6 Å². The predicted molar refractivity (Wildman–Crippen MR) is 136 cm³/mol. The average molecular weight is 511 g/mol. The first-order valence-electron chi connectivity index (χ1n) is 10.5. The molecule has 0 aliphatic carbocycles. The van der Waals surface area contributed by atoms with Crippen molar-refractivity contribution >= 4 is 57.7 Å². The SMILES string of the molecule is O=C(Nc1ccc(C(=O)N2CCc3ccccc3-c3sccc32)c(Cl)c1)c1c(F)cccc1Cl. The van der Waals surface area contributed by atoms with Crippen molar-refractivity contribution in [2.45, 2.75) is 6.42 Å². The molecule has 1 aliphatic heterocycles. The van der Waals surface area contributed by atoms with Gasteiger partial charge in [-0.1, -0.05) is 53.5 Å². The third kappa shape index (κ3) is 4.09. The quantitative estimate of drug-likeness (QED) is 0.314. The molecule has 0 radical (unpaired) electrons. The van der Waals surface area contributed by atoms with Gasteiger partial charge in [-0.15, -0.1) is 11.3 Å². The minimum Gasteiger partial charge on any atom is -0.322 e. The van der Waals surface area contributed by atoms with Gasteiger partial charge in [0.25, 0.3) is 11.8 Å². The molecule has 1 aromatic heterocycles. The lowest BCUT2D eigenvalue weighted by Gasteiger charge is -2.22. The summed E-state index contributed by atoms with van der Waals surface area (Å²) in [6.07, 6.45) is 0.721. The number of hydrogen-bond donors (Lipinski definition) is 1. The summed E-state index contributed by atoms with van der Waals surface area (Å²) < 4.78 is 14.1. The van der Waals surface area contributed by atoms with E-state index in [1.54, 1.807) is 28.4 Å². The van der Waals surface area contributed by atoms with Gasteiger partial charge in [-0.25, -0.2) is 4.39 Å². The molecule has 170 valence electrons. The normalized spacial score (nSPS) is 12.5.